The Hall–Kier alpha value is 1.08. The van der Waals surface area contributed by atoms with Crippen molar-refractivity contribution in [3.05, 3.63) is 0 Å². The van der Waals surface area contributed by atoms with Gasteiger partial charge in [0.1, 0.15) is 0 Å². The van der Waals surface area contributed by atoms with Crippen molar-refractivity contribution in [2.75, 3.05) is 0 Å². The molecule has 0 saturated carbocycles. The van der Waals surface area contributed by atoms with Crippen LogP contribution in [0.1, 0.15) is 0 Å². The smallest absolute Gasteiger partial charge is 0.00456 e. The molecule has 0 saturated heterocycles. The van der Waals surface area contributed by atoms with Gasteiger partial charge in [-0.25, -0.2) is 0 Å². The van der Waals surface area contributed by atoms with Crippen molar-refractivity contribution in [2.45, 2.75) is 72.0 Å². The first-order valence-electron chi connectivity index (χ1n) is 6.50. The molecule has 0 aromatic heterocycles. The molecule has 0 heterocycles. The summed E-state index contributed by atoms with van der Waals surface area (Å²) in [5.41, 5.74) is 0. The quantitative estimate of drug-likeness (QED) is 0.670. The van der Waals surface area contributed by atoms with Crippen LogP contribution in [0.4, 0.5) is 0 Å². The molecule has 5 heteroatoms. The first kappa shape index (κ1) is 17.1. The van der Waals surface area contributed by atoms with Crippen LogP contribution in [0.15, 0.2) is 0 Å². The predicted octanol–water partition coefficient (Wildman–Crippen LogP) is 4.52. The predicted molar refractivity (Wildman–Crippen MR) is 93.3 cm³/mol. The maximum absolute atomic E-state index is 2.75. The average Bonchev–Trinajstić information content (AvgIpc) is 1.72. The van der Waals surface area contributed by atoms with E-state index in [1.807, 2.05) is 0 Å². The Morgan fingerprint density at radius 2 is 0.750 bits per heavy atom. The molecule has 0 nitrogen and oxygen atoms in total. The zero-order chi connectivity index (χ0) is 13.6. The Morgan fingerprint density at radius 1 is 0.500 bits per heavy atom. The Morgan fingerprint density at radius 3 is 0.812 bits per heavy atom. The summed E-state index contributed by atoms with van der Waals surface area (Å²) in [6.45, 7) is 29.4. The molecule has 0 N–H and O–H groups in total. The van der Waals surface area contributed by atoms with E-state index in [1.54, 1.807) is 0 Å². The van der Waals surface area contributed by atoms with Crippen LogP contribution in [-0.2, 0) is 0 Å². The van der Waals surface area contributed by atoms with Crippen LogP contribution in [0.5, 0.6) is 0 Å². The second-order valence-electron chi connectivity index (χ2n) is 8.75. The van der Waals surface area contributed by atoms with Crippen LogP contribution in [0.25, 0.3) is 0 Å². The maximum atomic E-state index is 2.75. The minimum atomic E-state index is -0.941. The van der Waals surface area contributed by atoms with E-state index in [1.165, 1.54) is 0 Å². The molecule has 0 amide bonds. The van der Waals surface area contributed by atoms with E-state index < -0.39 is 29.9 Å². The second kappa shape index (κ2) is 4.64. The van der Waals surface area contributed by atoms with Crippen molar-refractivity contribution in [3.8, 4) is 0 Å². The van der Waals surface area contributed by atoms with Gasteiger partial charge in [0.05, 0.1) is 0 Å². The fraction of sp³-hybridized carbons (Fsp3) is 1.00. The zero-order valence-corrected chi connectivity index (χ0v) is 18.5. The van der Waals surface area contributed by atoms with Crippen molar-refractivity contribution in [1.29, 1.82) is 0 Å². The van der Waals surface area contributed by atoms with Crippen LogP contribution >= 0.6 is 0 Å². The molecule has 0 aromatic rings. The van der Waals surface area contributed by atoms with Crippen molar-refractivity contribution in [1.82, 2.24) is 0 Å². The first-order valence-corrected chi connectivity index (χ1v) is 25.5. The van der Waals surface area contributed by atoms with Gasteiger partial charge in [0.15, 0.2) is 0 Å². The van der Waals surface area contributed by atoms with E-state index in [9.17, 15) is 0 Å². The van der Waals surface area contributed by atoms with Crippen LogP contribution in [-0.4, -0.2) is 37.2 Å². The van der Waals surface area contributed by atoms with Gasteiger partial charge < -0.3 is 0 Å². The third-order valence-corrected chi connectivity index (χ3v) is 87.8. The summed E-state index contributed by atoms with van der Waals surface area (Å²) in [6.07, 6.45) is 0. The molecule has 16 heavy (non-hydrogen) atoms. The molecule has 98 valence electrons. The molecule has 0 radical (unpaired) electrons. The number of rotatable bonds is 4. The Balaban J connectivity index is 5.57. The Labute approximate surface area is 109 Å². The highest BCUT2D eigenvalue weighted by atomic mass is 30.0. The van der Waals surface area contributed by atoms with Gasteiger partial charge >= 0.3 is 0 Å². The fourth-order valence-corrected chi connectivity index (χ4v) is 132. The highest BCUT2D eigenvalue weighted by Crippen LogP contribution is 2.31. The Kier molecular flexibility index (Phi) is 4.95. The fourth-order valence-electron chi connectivity index (χ4n) is 3.38. The van der Waals surface area contributed by atoms with Gasteiger partial charge in [-0.05, 0) is 0 Å². The van der Waals surface area contributed by atoms with Crippen LogP contribution < -0.4 is 0 Å². The molecule has 0 aromatic carbocycles. The van der Waals surface area contributed by atoms with E-state index in [0.29, 0.717) is 0 Å². The van der Waals surface area contributed by atoms with Gasteiger partial charge in [-0.1, -0.05) is 72.0 Å². The monoisotopic (exact) mass is 305 g/mol. The zero-order valence-electron chi connectivity index (χ0n) is 13.5. The van der Waals surface area contributed by atoms with Gasteiger partial charge in [-0.2, -0.15) is 0 Å². The summed E-state index contributed by atoms with van der Waals surface area (Å²) in [7, 11) is -3.70. The number of hydrogen-bond donors (Lipinski definition) is 0. The van der Waals surface area contributed by atoms with E-state index in [0.717, 1.165) is 0 Å². The third-order valence-electron chi connectivity index (χ3n) is 4.00. The largest absolute Gasteiger partial charge is 0.254 e. The SMILES string of the molecule is C[Si](C)(C)[Si-]([Si](C)(C)C)[Si](C)(C)[Si](C)(C)C. The van der Waals surface area contributed by atoms with Gasteiger partial charge in [-0.15, -0.1) is 22.3 Å². The van der Waals surface area contributed by atoms with Crippen LogP contribution in [0.2, 0.25) is 72.0 Å². The van der Waals surface area contributed by atoms with Gasteiger partial charge in [0.2, 0.25) is 0 Å². The maximum Gasteiger partial charge on any atom is 0.00456 e. The minimum absolute atomic E-state index is 0.0309. The second-order valence-corrected chi connectivity index (χ2v) is 57.8. The van der Waals surface area contributed by atoms with E-state index in [-0.39, 0.29) is 7.35 Å². The third kappa shape index (κ3) is 3.79. The highest BCUT2D eigenvalue weighted by molar-refractivity contribution is 7.91. The highest BCUT2D eigenvalue weighted by Gasteiger charge is 2.41. The summed E-state index contributed by atoms with van der Waals surface area (Å²) < 4.78 is 0. The molecular weight excluding hydrogens is 273 g/mol. The first-order chi connectivity index (χ1) is 6.62. The van der Waals surface area contributed by atoms with E-state index >= 15 is 0 Å². The minimum Gasteiger partial charge on any atom is -0.254 e. The molecule has 0 rings (SSSR count). The lowest BCUT2D eigenvalue weighted by Gasteiger charge is -2.65. The lowest BCUT2D eigenvalue weighted by molar-refractivity contribution is 1.75. The lowest BCUT2D eigenvalue weighted by Crippen LogP contribution is -2.78. The van der Waals surface area contributed by atoms with Gasteiger partial charge in [-0.3, -0.25) is 7.35 Å². The summed E-state index contributed by atoms with van der Waals surface area (Å²) in [5.74, 6) is 0. The summed E-state index contributed by atoms with van der Waals surface area (Å²) >= 11 is 0. The average molecular weight is 306 g/mol. The standard InChI is InChI=1S/C11H33Si5/c1-13(2,3)12(14(4,5)6)16(10,11)15(7,8)9/h1-11H3/q-1. The van der Waals surface area contributed by atoms with Crippen molar-refractivity contribution >= 4 is 37.2 Å². The Bertz CT molecular complexity index is 225. The summed E-state index contributed by atoms with van der Waals surface area (Å²) in [5, 5.41) is 0. The van der Waals surface area contributed by atoms with E-state index in [4.69, 9.17) is 0 Å². The van der Waals surface area contributed by atoms with Crippen molar-refractivity contribution < 1.29 is 0 Å². The number of hydrogen-bond acceptors (Lipinski definition) is 0. The molecule has 0 spiro atoms. The summed E-state index contributed by atoms with van der Waals surface area (Å²) in [6, 6.07) is 0. The van der Waals surface area contributed by atoms with Gasteiger partial charge in [0, 0.05) is 7.59 Å². The molecule has 0 aliphatic carbocycles. The molecular formula is C11H33Si5-. The molecule has 0 fully saturated rings. The van der Waals surface area contributed by atoms with Crippen molar-refractivity contribution in [3.63, 3.8) is 0 Å². The molecule has 0 atom stereocenters. The van der Waals surface area contributed by atoms with E-state index in [2.05, 4.69) is 72.0 Å². The lowest BCUT2D eigenvalue weighted by atomic mass is 11.8. The van der Waals surface area contributed by atoms with Gasteiger partial charge in [0.25, 0.3) is 0 Å². The summed E-state index contributed by atoms with van der Waals surface area (Å²) in [4.78, 5) is 0. The van der Waals surface area contributed by atoms with Crippen molar-refractivity contribution in [2.24, 2.45) is 0 Å². The molecule has 0 unspecified atom stereocenters. The van der Waals surface area contributed by atoms with Crippen LogP contribution in [0.3, 0.4) is 0 Å². The topological polar surface area (TPSA) is 0 Å². The molecule has 0 bridgehead atoms. The molecule has 0 aliphatic heterocycles. The normalized spacial score (nSPS) is 15.8. The molecule has 0 aliphatic rings. The van der Waals surface area contributed by atoms with Crippen LogP contribution in [0, 0.1) is 0 Å².